The van der Waals surface area contributed by atoms with E-state index in [-0.39, 0.29) is 10.8 Å². The molecule has 0 radical (unpaired) electrons. The monoisotopic (exact) mass is 491 g/mol. The van der Waals surface area contributed by atoms with Crippen LogP contribution in [0.3, 0.4) is 0 Å². The summed E-state index contributed by atoms with van der Waals surface area (Å²) in [5, 5.41) is 3.80. The Morgan fingerprint density at radius 3 is 2.35 bits per heavy atom. The Hall–Kier alpha value is -3.07. The fraction of sp³-hybridized carbons (Fsp3) is 0.231. The van der Waals surface area contributed by atoms with Gasteiger partial charge in [0.05, 0.1) is 15.1 Å². The third-order valence-electron chi connectivity index (χ3n) is 5.98. The fourth-order valence-corrected chi connectivity index (χ4v) is 6.62. The van der Waals surface area contributed by atoms with Crippen LogP contribution in [-0.4, -0.2) is 36.7 Å². The van der Waals surface area contributed by atoms with E-state index in [1.54, 1.807) is 27.8 Å². The predicted octanol–water partition coefficient (Wildman–Crippen LogP) is 5.78. The van der Waals surface area contributed by atoms with Gasteiger partial charge >= 0.3 is 0 Å². The molecule has 174 valence electrons. The van der Waals surface area contributed by atoms with Gasteiger partial charge in [-0.05, 0) is 61.4 Å². The normalized spacial score (nSPS) is 15.2. The van der Waals surface area contributed by atoms with E-state index >= 15 is 0 Å². The number of nitrogens with zero attached hydrogens (tertiary/aromatic N) is 2. The summed E-state index contributed by atoms with van der Waals surface area (Å²) in [6.07, 6.45) is 3.89. The number of anilines is 1. The second-order valence-electron chi connectivity index (χ2n) is 8.36. The second kappa shape index (κ2) is 9.66. The summed E-state index contributed by atoms with van der Waals surface area (Å²) < 4.78 is 28.6. The lowest BCUT2D eigenvalue weighted by Crippen LogP contribution is -2.31. The molecule has 1 aromatic heterocycles. The molecular formula is C26H25N3O3S2. The molecule has 34 heavy (non-hydrogen) atoms. The maximum Gasteiger partial charge on any atom is 0.255 e. The summed E-state index contributed by atoms with van der Waals surface area (Å²) in [4.78, 5) is 17.7. The highest BCUT2D eigenvalue weighted by molar-refractivity contribution is 7.89. The van der Waals surface area contributed by atoms with Gasteiger partial charge in [-0.3, -0.25) is 4.79 Å². The van der Waals surface area contributed by atoms with E-state index in [0.29, 0.717) is 24.3 Å². The molecule has 1 fully saturated rings. The number of benzene rings is 3. The Kier molecular flexibility index (Phi) is 6.45. The van der Waals surface area contributed by atoms with Crippen LogP contribution in [0.15, 0.2) is 77.7 Å². The SMILES string of the molecule is O=C(Nc1cccc(-c2nc3ccccc3s2)c1)c1ccc(S(=O)(=O)N2CCCCCC2)cc1. The smallest absolute Gasteiger partial charge is 0.255 e. The van der Waals surface area contributed by atoms with Crippen LogP contribution in [0.1, 0.15) is 36.0 Å². The van der Waals surface area contributed by atoms with E-state index in [4.69, 9.17) is 0 Å². The molecule has 0 bridgehead atoms. The molecule has 1 saturated heterocycles. The number of sulfonamides is 1. The topological polar surface area (TPSA) is 79.4 Å². The highest BCUT2D eigenvalue weighted by atomic mass is 32.2. The van der Waals surface area contributed by atoms with Gasteiger partial charge in [0.2, 0.25) is 10.0 Å². The average Bonchev–Trinajstić information content (AvgIpc) is 3.09. The van der Waals surface area contributed by atoms with Crippen molar-refractivity contribution in [2.24, 2.45) is 0 Å². The molecule has 0 aliphatic carbocycles. The van der Waals surface area contributed by atoms with Gasteiger partial charge in [-0.15, -0.1) is 11.3 Å². The van der Waals surface area contributed by atoms with Crippen LogP contribution in [0.2, 0.25) is 0 Å². The second-order valence-corrected chi connectivity index (χ2v) is 11.3. The van der Waals surface area contributed by atoms with Crippen LogP contribution < -0.4 is 5.32 Å². The minimum atomic E-state index is -3.54. The Morgan fingerprint density at radius 2 is 1.62 bits per heavy atom. The summed E-state index contributed by atoms with van der Waals surface area (Å²) in [6.45, 7) is 1.10. The first-order valence-electron chi connectivity index (χ1n) is 11.4. The number of carbonyl (C=O) groups excluding carboxylic acids is 1. The van der Waals surface area contributed by atoms with Crippen molar-refractivity contribution in [1.82, 2.24) is 9.29 Å². The molecule has 0 spiro atoms. The zero-order chi connectivity index (χ0) is 23.5. The van der Waals surface area contributed by atoms with E-state index in [2.05, 4.69) is 10.3 Å². The van der Waals surface area contributed by atoms with Crippen LogP contribution in [-0.2, 0) is 10.0 Å². The van der Waals surface area contributed by atoms with Crippen molar-refractivity contribution in [3.05, 3.63) is 78.4 Å². The first-order valence-corrected chi connectivity index (χ1v) is 13.6. The van der Waals surface area contributed by atoms with Crippen molar-refractivity contribution in [2.75, 3.05) is 18.4 Å². The molecule has 4 aromatic rings. The Morgan fingerprint density at radius 1 is 0.882 bits per heavy atom. The van der Waals surface area contributed by atoms with Gasteiger partial charge < -0.3 is 5.32 Å². The van der Waals surface area contributed by atoms with Crippen molar-refractivity contribution in [3.8, 4) is 10.6 Å². The van der Waals surface area contributed by atoms with Gasteiger partial charge in [0, 0.05) is 29.9 Å². The molecule has 1 aliphatic rings. The van der Waals surface area contributed by atoms with Gasteiger partial charge in [-0.2, -0.15) is 4.31 Å². The largest absolute Gasteiger partial charge is 0.322 e. The number of fused-ring (bicyclic) bond motifs is 1. The Bertz CT molecular complexity index is 1390. The lowest BCUT2D eigenvalue weighted by molar-refractivity contribution is 0.102. The number of para-hydroxylation sites is 1. The minimum Gasteiger partial charge on any atom is -0.322 e. The third-order valence-corrected chi connectivity index (χ3v) is 8.98. The quantitative estimate of drug-likeness (QED) is 0.384. The maximum absolute atomic E-state index is 13.0. The van der Waals surface area contributed by atoms with Crippen LogP contribution in [0, 0.1) is 0 Å². The number of thiazole rings is 1. The van der Waals surface area contributed by atoms with Crippen molar-refractivity contribution in [3.63, 3.8) is 0 Å². The Balaban J connectivity index is 1.31. The van der Waals surface area contributed by atoms with Gasteiger partial charge in [-0.25, -0.2) is 13.4 Å². The van der Waals surface area contributed by atoms with Gasteiger partial charge in [-0.1, -0.05) is 37.1 Å². The van der Waals surface area contributed by atoms with E-state index < -0.39 is 10.0 Å². The number of hydrogen-bond donors (Lipinski definition) is 1. The predicted molar refractivity (Wildman–Crippen MR) is 137 cm³/mol. The molecule has 1 aliphatic heterocycles. The molecule has 0 unspecified atom stereocenters. The highest BCUT2D eigenvalue weighted by Gasteiger charge is 2.25. The molecular weight excluding hydrogens is 466 g/mol. The summed E-state index contributed by atoms with van der Waals surface area (Å²) >= 11 is 1.61. The summed E-state index contributed by atoms with van der Waals surface area (Å²) in [5.74, 6) is -0.292. The average molecular weight is 492 g/mol. The number of hydrogen-bond acceptors (Lipinski definition) is 5. The maximum atomic E-state index is 13.0. The molecule has 2 heterocycles. The first-order chi connectivity index (χ1) is 16.5. The van der Waals surface area contributed by atoms with E-state index in [1.165, 1.54) is 12.1 Å². The molecule has 8 heteroatoms. The molecule has 3 aromatic carbocycles. The summed E-state index contributed by atoms with van der Waals surface area (Å²) in [5.41, 5.74) is 2.94. The summed E-state index contributed by atoms with van der Waals surface area (Å²) in [7, 11) is -3.54. The van der Waals surface area contributed by atoms with Crippen molar-refractivity contribution in [2.45, 2.75) is 30.6 Å². The number of nitrogens with one attached hydrogen (secondary N) is 1. The third kappa shape index (κ3) is 4.75. The number of aromatic nitrogens is 1. The van der Waals surface area contributed by atoms with E-state index in [9.17, 15) is 13.2 Å². The molecule has 1 N–H and O–H groups in total. The van der Waals surface area contributed by atoms with Gasteiger partial charge in [0.15, 0.2) is 0 Å². The van der Waals surface area contributed by atoms with Crippen LogP contribution in [0.4, 0.5) is 5.69 Å². The van der Waals surface area contributed by atoms with E-state index in [0.717, 1.165) is 46.5 Å². The molecule has 1 amide bonds. The van der Waals surface area contributed by atoms with Crippen LogP contribution in [0.5, 0.6) is 0 Å². The standard InChI is InChI=1S/C26H25N3O3S2/c30-25(19-12-14-22(15-13-19)34(31,32)29-16-5-1-2-6-17-29)27-21-9-7-8-20(18-21)26-28-23-10-3-4-11-24(23)33-26/h3-4,7-15,18H,1-2,5-6,16-17H2,(H,27,30). The minimum absolute atomic E-state index is 0.226. The highest BCUT2D eigenvalue weighted by Crippen LogP contribution is 2.31. The number of rotatable bonds is 5. The lowest BCUT2D eigenvalue weighted by atomic mass is 10.2. The summed E-state index contributed by atoms with van der Waals surface area (Å²) in [6, 6.07) is 21.7. The first kappa shape index (κ1) is 22.7. The molecule has 5 rings (SSSR count). The zero-order valence-corrected chi connectivity index (χ0v) is 20.2. The molecule has 6 nitrogen and oxygen atoms in total. The lowest BCUT2D eigenvalue weighted by Gasteiger charge is -2.20. The molecule has 0 saturated carbocycles. The van der Waals surface area contributed by atoms with Crippen LogP contribution >= 0.6 is 11.3 Å². The van der Waals surface area contributed by atoms with Crippen molar-refractivity contribution >= 4 is 43.2 Å². The fourth-order valence-electron chi connectivity index (χ4n) is 4.14. The van der Waals surface area contributed by atoms with Gasteiger partial charge in [0.25, 0.3) is 5.91 Å². The Labute approximate surface area is 203 Å². The number of carbonyl (C=O) groups is 1. The zero-order valence-electron chi connectivity index (χ0n) is 18.6. The van der Waals surface area contributed by atoms with Gasteiger partial charge in [0.1, 0.15) is 5.01 Å². The number of amides is 1. The van der Waals surface area contributed by atoms with E-state index in [1.807, 2.05) is 48.5 Å². The van der Waals surface area contributed by atoms with Crippen LogP contribution in [0.25, 0.3) is 20.8 Å². The molecule has 0 atom stereocenters. The van der Waals surface area contributed by atoms with Crippen molar-refractivity contribution < 1.29 is 13.2 Å². The van der Waals surface area contributed by atoms with Crippen molar-refractivity contribution in [1.29, 1.82) is 0 Å².